The Morgan fingerprint density at radius 1 is 1.19 bits per heavy atom. The van der Waals surface area contributed by atoms with E-state index in [4.69, 9.17) is 0 Å². The largest absolute Gasteiger partial charge is 1.00 e. The number of pyridine rings is 1. The third-order valence-corrected chi connectivity index (χ3v) is 3.12. The minimum atomic E-state index is -0.346. The average Bonchev–Trinajstić information content (AvgIpc) is 2.29. The van der Waals surface area contributed by atoms with Gasteiger partial charge in [-0.2, -0.15) is 4.57 Å². The van der Waals surface area contributed by atoms with Gasteiger partial charge in [-0.05, 0) is 12.1 Å². The van der Waals surface area contributed by atoms with Crippen LogP contribution in [0.5, 0.6) is 0 Å². The highest BCUT2D eigenvalue weighted by Gasteiger charge is 2.12. The molecule has 0 aliphatic carbocycles. The smallest absolute Gasteiger partial charge is 0.212 e. The Morgan fingerprint density at radius 3 is 2.62 bits per heavy atom. The molecule has 0 aliphatic heterocycles. The lowest BCUT2D eigenvalue weighted by molar-refractivity contribution is -0.677. The van der Waals surface area contributed by atoms with E-state index in [9.17, 15) is 5.11 Å². The maximum Gasteiger partial charge on any atom is 0.212 e. The molecule has 0 aliphatic rings. The van der Waals surface area contributed by atoms with Crippen molar-refractivity contribution in [2.24, 2.45) is 0 Å². The van der Waals surface area contributed by atoms with Crippen molar-refractivity contribution in [1.29, 1.82) is 0 Å². The van der Waals surface area contributed by atoms with Crippen LogP contribution in [0.15, 0.2) is 42.6 Å². The Balaban J connectivity index is 0.00000128. The van der Waals surface area contributed by atoms with Gasteiger partial charge in [0, 0.05) is 22.8 Å². The number of nitrogens with zero attached hydrogens (tertiary/aromatic N) is 1. The van der Waals surface area contributed by atoms with Crippen molar-refractivity contribution in [3.63, 3.8) is 0 Å². The molecule has 1 aromatic carbocycles. The third kappa shape index (κ3) is 3.03. The molecule has 0 bridgehead atoms. The van der Waals surface area contributed by atoms with Gasteiger partial charge in [0.1, 0.15) is 6.10 Å². The Hall–Kier alpha value is -0.450. The Bertz CT molecular complexity index is 456. The molecule has 1 N–H and O–H groups in total. The van der Waals surface area contributed by atoms with Gasteiger partial charge in [-0.25, -0.2) is 0 Å². The summed E-state index contributed by atoms with van der Waals surface area (Å²) in [5.41, 5.74) is 1.15. The Labute approximate surface area is 114 Å². The molecule has 16 heavy (non-hydrogen) atoms. The van der Waals surface area contributed by atoms with Crippen molar-refractivity contribution in [3.05, 3.63) is 42.6 Å². The zero-order chi connectivity index (χ0) is 10.7. The van der Waals surface area contributed by atoms with E-state index in [0.29, 0.717) is 11.9 Å². The van der Waals surface area contributed by atoms with Crippen molar-refractivity contribution >= 4 is 26.8 Å². The lowest BCUT2D eigenvalue weighted by atomic mass is 10.2. The van der Waals surface area contributed by atoms with E-state index in [1.807, 2.05) is 24.4 Å². The highest BCUT2D eigenvalue weighted by molar-refractivity contribution is 9.09. The molecular weight excluding hydrogens is 334 g/mol. The van der Waals surface area contributed by atoms with E-state index in [0.717, 1.165) is 5.52 Å². The molecule has 4 heteroatoms. The number of hydrogen-bond acceptors (Lipinski definition) is 1. The van der Waals surface area contributed by atoms with Gasteiger partial charge in [0.05, 0.1) is 0 Å². The Kier molecular flexibility index (Phi) is 5.38. The molecule has 1 atom stereocenters. The van der Waals surface area contributed by atoms with Crippen molar-refractivity contribution in [1.82, 2.24) is 0 Å². The first-order valence-corrected chi connectivity index (χ1v) is 6.04. The molecule has 2 aromatic rings. The zero-order valence-electron chi connectivity index (χ0n) is 8.68. The first-order chi connectivity index (χ1) is 7.31. The van der Waals surface area contributed by atoms with Gasteiger partial charge in [-0.3, -0.25) is 0 Å². The van der Waals surface area contributed by atoms with E-state index in [1.165, 1.54) is 5.39 Å². The van der Waals surface area contributed by atoms with E-state index in [2.05, 4.69) is 38.7 Å². The van der Waals surface area contributed by atoms with Crippen LogP contribution in [0, 0.1) is 0 Å². The average molecular weight is 347 g/mol. The number of fused-ring (bicyclic) bond motifs is 1. The summed E-state index contributed by atoms with van der Waals surface area (Å²) < 4.78 is 2.07. The summed E-state index contributed by atoms with van der Waals surface area (Å²) in [4.78, 5) is 0. The van der Waals surface area contributed by atoms with Crippen molar-refractivity contribution < 1.29 is 26.7 Å². The standard InChI is InChI=1S/C12H13BrNO.BrH/c13-8-11(15)9-14-7-3-5-10-4-1-2-6-12(10)14;/h1-7,11,15H,8-9H2;1H/q+1;/p-1. The van der Waals surface area contributed by atoms with Gasteiger partial charge in [0.15, 0.2) is 12.7 Å². The van der Waals surface area contributed by atoms with Gasteiger partial charge < -0.3 is 22.1 Å². The van der Waals surface area contributed by atoms with Crippen LogP contribution in [-0.2, 0) is 6.54 Å². The summed E-state index contributed by atoms with van der Waals surface area (Å²) in [7, 11) is 0. The Morgan fingerprint density at radius 2 is 1.88 bits per heavy atom. The highest BCUT2D eigenvalue weighted by Crippen LogP contribution is 2.08. The molecule has 86 valence electrons. The number of rotatable bonds is 3. The molecule has 1 heterocycles. The van der Waals surface area contributed by atoms with Crippen LogP contribution in [0.2, 0.25) is 0 Å². The quantitative estimate of drug-likeness (QED) is 0.553. The number of para-hydroxylation sites is 1. The van der Waals surface area contributed by atoms with Crippen LogP contribution in [0.1, 0.15) is 0 Å². The van der Waals surface area contributed by atoms with Crippen LogP contribution >= 0.6 is 15.9 Å². The molecule has 1 aromatic heterocycles. The van der Waals surface area contributed by atoms with Crippen molar-refractivity contribution in [3.8, 4) is 0 Å². The van der Waals surface area contributed by atoms with Crippen LogP contribution in [0.3, 0.4) is 0 Å². The highest BCUT2D eigenvalue weighted by atomic mass is 79.9. The summed E-state index contributed by atoms with van der Waals surface area (Å²) in [5.74, 6) is 0. The predicted molar refractivity (Wildman–Crippen MR) is 63.9 cm³/mol. The van der Waals surface area contributed by atoms with Gasteiger partial charge >= 0.3 is 0 Å². The van der Waals surface area contributed by atoms with E-state index >= 15 is 0 Å². The molecule has 0 spiro atoms. The predicted octanol–water partition coefficient (Wildman–Crippen LogP) is -1.11. The molecular formula is C12H13Br2NO. The molecule has 0 saturated carbocycles. The number of aliphatic hydroxyl groups excluding tert-OH is 1. The van der Waals surface area contributed by atoms with Crippen LogP contribution in [-0.4, -0.2) is 16.5 Å². The van der Waals surface area contributed by atoms with Crippen molar-refractivity contribution in [2.45, 2.75) is 12.6 Å². The summed E-state index contributed by atoms with van der Waals surface area (Å²) in [6.07, 6.45) is 1.65. The number of halogens is 2. The monoisotopic (exact) mass is 345 g/mol. The van der Waals surface area contributed by atoms with Crippen LogP contribution < -0.4 is 21.5 Å². The number of aliphatic hydroxyl groups is 1. The minimum absolute atomic E-state index is 0. The SMILES string of the molecule is OC(CBr)C[n+]1cccc2ccccc21.[Br-]. The fourth-order valence-corrected chi connectivity index (χ4v) is 1.86. The maximum absolute atomic E-state index is 9.60. The second-order valence-corrected chi connectivity index (χ2v) is 4.17. The molecule has 0 radical (unpaired) electrons. The van der Waals surface area contributed by atoms with Crippen LogP contribution in [0.25, 0.3) is 10.9 Å². The molecule has 0 saturated heterocycles. The van der Waals surface area contributed by atoms with Crippen LogP contribution in [0.4, 0.5) is 0 Å². The maximum atomic E-state index is 9.60. The lowest BCUT2D eigenvalue weighted by Gasteiger charge is -2.04. The first kappa shape index (κ1) is 13.6. The normalized spacial score (nSPS) is 12.1. The van der Waals surface area contributed by atoms with E-state index in [1.54, 1.807) is 0 Å². The third-order valence-electron chi connectivity index (χ3n) is 2.37. The topological polar surface area (TPSA) is 24.1 Å². The molecule has 2 rings (SSSR count). The fourth-order valence-electron chi connectivity index (χ4n) is 1.66. The summed E-state index contributed by atoms with van der Waals surface area (Å²) in [6.45, 7) is 0.618. The first-order valence-electron chi connectivity index (χ1n) is 4.92. The number of aromatic nitrogens is 1. The van der Waals surface area contributed by atoms with Crippen molar-refractivity contribution in [2.75, 3.05) is 5.33 Å². The van der Waals surface area contributed by atoms with E-state index in [-0.39, 0.29) is 23.1 Å². The van der Waals surface area contributed by atoms with Gasteiger partial charge in [-0.1, -0.05) is 28.1 Å². The van der Waals surface area contributed by atoms with Gasteiger partial charge in [-0.15, -0.1) is 0 Å². The molecule has 0 amide bonds. The number of alkyl halides is 1. The number of benzene rings is 1. The summed E-state index contributed by atoms with van der Waals surface area (Å²) in [5, 5.41) is 11.4. The summed E-state index contributed by atoms with van der Waals surface area (Å²) in [6, 6.07) is 12.3. The minimum Gasteiger partial charge on any atom is -1.00 e. The molecule has 1 unspecified atom stereocenters. The number of hydrogen-bond donors (Lipinski definition) is 1. The summed E-state index contributed by atoms with van der Waals surface area (Å²) >= 11 is 3.27. The second-order valence-electron chi connectivity index (χ2n) is 3.53. The van der Waals surface area contributed by atoms with E-state index < -0.39 is 0 Å². The van der Waals surface area contributed by atoms with Gasteiger partial charge in [0.25, 0.3) is 0 Å². The zero-order valence-corrected chi connectivity index (χ0v) is 11.9. The lowest BCUT2D eigenvalue weighted by Crippen LogP contribution is -3.00. The van der Waals surface area contributed by atoms with Gasteiger partial charge in [0.2, 0.25) is 5.52 Å². The molecule has 0 fully saturated rings. The fraction of sp³-hybridized carbons (Fsp3) is 0.250. The molecule has 2 nitrogen and oxygen atoms in total. The second kappa shape index (κ2) is 6.33.